The standard InChI is InChI=1S/2C12H27O3P.Ni/c2*1-4-7-9-12(6-3)11-15-16(13,14)10-8-5-2;/h2*12H,4-11H2,1-3H3,(H,13,14);/q;;+2/p-2. The quantitative estimate of drug-likeness (QED) is 0.117. The van der Waals surface area contributed by atoms with Gasteiger partial charge in [0.05, 0.1) is 13.2 Å². The van der Waals surface area contributed by atoms with E-state index in [9.17, 15) is 18.9 Å². The van der Waals surface area contributed by atoms with Crippen molar-refractivity contribution in [2.45, 2.75) is 119 Å². The minimum absolute atomic E-state index is 0. The summed E-state index contributed by atoms with van der Waals surface area (Å²) in [6.45, 7) is 13.2. The van der Waals surface area contributed by atoms with Crippen LogP contribution in [0.25, 0.3) is 0 Å². The first-order valence-corrected chi connectivity index (χ1v) is 16.5. The second-order valence-electron chi connectivity index (χ2n) is 8.80. The summed E-state index contributed by atoms with van der Waals surface area (Å²) in [7, 11) is -7.12. The molecule has 0 saturated carbocycles. The Morgan fingerprint density at radius 3 is 1.15 bits per heavy atom. The first-order valence-electron chi connectivity index (χ1n) is 13.0. The SMILES string of the molecule is CCCCC(CC)COP(=O)([O-])CCCC.CCCCC(CC)COP(=O)([O-])CCCC.[Ni+2]. The Labute approximate surface area is 215 Å². The Balaban J connectivity index is -0.000000529. The molecule has 0 aromatic heterocycles. The van der Waals surface area contributed by atoms with Gasteiger partial charge in [0.1, 0.15) is 15.2 Å². The second kappa shape index (κ2) is 24.5. The van der Waals surface area contributed by atoms with Gasteiger partial charge in [-0.15, -0.1) is 0 Å². The van der Waals surface area contributed by atoms with Crippen LogP contribution in [-0.2, 0) is 34.7 Å². The average Bonchev–Trinajstić information content (AvgIpc) is 2.77. The van der Waals surface area contributed by atoms with Crippen molar-refractivity contribution in [1.29, 1.82) is 0 Å². The van der Waals surface area contributed by atoms with E-state index in [4.69, 9.17) is 9.05 Å². The Kier molecular flexibility index (Phi) is 28.4. The second-order valence-corrected chi connectivity index (χ2v) is 12.7. The van der Waals surface area contributed by atoms with E-state index in [1.807, 2.05) is 13.8 Å². The van der Waals surface area contributed by atoms with Crippen molar-refractivity contribution in [3.8, 4) is 0 Å². The Morgan fingerprint density at radius 2 is 0.909 bits per heavy atom. The summed E-state index contributed by atoms with van der Waals surface area (Å²) in [4.78, 5) is 23.0. The zero-order valence-electron chi connectivity index (χ0n) is 22.1. The van der Waals surface area contributed by atoms with Crippen molar-refractivity contribution in [2.24, 2.45) is 11.8 Å². The Bertz CT molecular complexity index is 463. The van der Waals surface area contributed by atoms with Gasteiger partial charge in [-0.05, 0) is 37.5 Å². The molecule has 9 heteroatoms. The van der Waals surface area contributed by atoms with E-state index < -0.39 is 15.2 Å². The van der Waals surface area contributed by atoms with Gasteiger partial charge in [-0.1, -0.05) is 92.9 Å². The van der Waals surface area contributed by atoms with Gasteiger partial charge in [-0.3, -0.25) is 0 Å². The molecule has 0 aromatic rings. The molecule has 6 nitrogen and oxygen atoms in total. The number of hydrogen-bond acceptors (Lipinski definition) is 6. The fourth-order valence-corrected chi connectivity index (χ4v) is 5.61. The predicted octanol–water partition coefficient (Wildman–Crippen LogP) is 7.14. The molecular formula is C24H52NiO6P2. The summed E-state index contributed by atoms with van der Waals surface area (Å²) in [5.74, 6) is 0.785. The topological polar surface area (TPSA) is 98.7 Å². The third kappa shape index (κ3) is 25.7. The van der Waals surface area contributed by atoms with Gasteiger partial charge in [0.25, 0.3) is 0 Å². The molecule has 0 aromatic carbocycles. The van der Waals surface area contributed by atoms with Crippen LogP contribution in [0.5, 0.6) is 0 Å². The smallest absolute Gasteiger partial charge is 0.778 e. The molecule has 0 fully saturated rings. The minimum atomic E-state index is -3.56. The van der Waals surface area contributed by atoms with Crippen LogP contribution in [0, 0.1) is 11.8 Å². The van der Waals surface area contributed by atoms with E-state index in [1.165, 1.54) is 0 Å². The zero-order valence-corrected chi connectivity index (χ0v) is 24.9. The molecule has 204 valence electrons. The number of unbranched alkanes of at least 4 members (excludes halogenated alkanes) is 4. The van der Waals surface area contributed by atoms with Gasteiger partial charge in [-0.25, -0.2) is 0 Å². The molecule has 0 aliphatic rings. The molecule has 4 atom stereocenters. The zero-order chi connectivity index (χ0) is 24.9. The van der Waals surface area contributed by atoms with Crippen molar-refractivity contribution in [2.75, 3.05) is 25.5 Å². The molecule has 0 bridgehead atoms. The van der Waals surface area contributed by atoms with Gasteiger partial charge in [-0.2, -0.15) is 0 Å². The third-order valence-electron chi connectivity index (χ3n) is 5.67. The molecule has 0 aliphatic carbocycles. The normalized spacial score (nSPS) is 16.5. The summed E-state index contributed by atoms with van der Waals surface area (Å²) < 4.78 is 33.1. The van der Waals surface area contributed by atoms with Crippen LogP contribution in [0.3, 0.4) is 0 Å². The number of hydrogen-bond donors (Lipinski definition) is 0. The fourth-order valence-electron chi connectivity index (χ4n) is 3.07. The van der Waals surface area contributed by atoms with E-state index in [-0.39, 0.29) is 28.8 Å². The molecule has 0 saturated heterocycles. The molecule has 0 radical (unpaired) electrons. The van der Waals surface area contributed by atoms with Gasteiger partial charge in [0.2, 0.25) is 0 Å². The molecular weight excluding hydrogens is 505 g/mol. The summed E-state index contributed by atoms with van der Waals surface area (Å²) in [6, 6.07) is 0. The van der Waals surface area contributed by atoms with Crippen LogP contribution in [0.2, 0.25) is 0 Å². The van der Waals surface area contributed by atoms with Crippen LogP contribution in [0.4, 0.5) is 0 Å². The molecule has 0 heterocycles. The maximum atomic E-state index is 11.5. The largest absolute Gasteiger partial charge is 2.00 e. The van der Waals surface area contributed by atoms with Crippen LogP contribution >= 0.6 is 15.2 Å². The van der Waals surface area contributed by atoms with E-state index in [2.05, 4.69) is 27.7 Å². The van der Waals surface area contributed by atoms with E-state index in [0.29, 0.717) is 37.9 Å². The van der Waals surface area contributed by atoms with Crippen LogP contribution in [0.15, 0.2) is 0 Å². The Hall–Kier alpha value is 0.794. The molecule has 0 aliphatic heterocycles. The van der Waals surface area contributed by atoms with Crippen molar-refractivity contribution in [1.82, 2.24) is 0 Å². The van der Waals surface area contributed by atoms with Crippen molar-refractivity contribution in [3.63, 3.8) is 0 Å². The van der Waals surface area contributed by atoms with Gasteiger partial charge in [0.15, 0.2) is 0 Å². The van der Waals surface area contributed by atoms with Gasteiger partial charge < -0.3 is 28.0 Å². The molecule has 4 unspecified atom stereocenters. The average molecular weight is 557 g/mol. The molecule has 0 rings (SSSR count). The summed E-state index contributed by atoms with van der Waals surface area (Å²) in [5.41, 5.74) is 0. The van der Waals surface area contributed by atoms with E-state index in [1.54, 1.807) is 0 Å². The first kappa shape index (κ1) is 38.3. The summed E-state index contributed by atoms with van der Waals surface area (Å²) in [6.07, 6.45) is 12.3. The number of rotatable bonds is 20. The predicted molar refractivity (Wildman–Crippen MR) is 133 cm³/mol. The van der Waals surface area contributed by atoms with Crippen LogP contribution in [0.1, 0.15) is 119 Å². The molecule has 33 heavy (non-hydrogen) atoms. The first-order chi connectivity index (χ1) is 15.1. The van der Waals surface area contributed by atoms with Gasteiger partial charge >= 0.3 is 16.5 Å². The monoisotopic (exact) mass is 556 g/mol. The van der Waals surface area contributed by atoms with Crippen molar-refractivity contribution >= 4 is 15.2 Å². The maximum Gasteiger partial charge on any atom is 2.00 e. The molecule has 0 amide bonds. The minimum Gasteiger partial charge on any atom is -0.778 e. The molecule has 0 spiro atoms. The maximum absolute atomic E-state index is 11.5. The van der Waals surface area contributed by atoms with Gasteiger partial charge in [0, 0.05) is 12.3 Å². The van der Waals surface area contributed by atoms with E-state index >= 15 is 0 Å². The summed E-state index contributed by atoms with van der Waals surface area (Å²) >= 11 is 0. The van der Waals surface area contributed by atoms with Crippen LogP contribution < -0.4 is 9.79 Å². The van der Waals surface area contributed by atoms with Crippen molar-refractivity contribution < 1.29 is 44.5 Å². The third-order valence-corrected chi connectivity index (χ3v) is 8.48. The van der Waals surface area contributed by atoms with Crippen LogP contribution in [-0.4, -0.2) is 25.5 Å². The fraction of sp³-hybridized carbons (Fsp3) is 1.00. The van der Waals surface area contributed by atoms with E-state index in [0.717, 1.165) is 64.2 Å². The van der Waals surface area contributed by atoms with Crippen molar-refractivity contribution in [3.05, 3.63) is 0 Å². The Morgan fingerprint density at radius 1 is 0.606 bits per heavy atom. The summed E-state index contributed by atoms with van der Waals surface area (Å²) in [5, 5.41) is 0. The molecule has 0 N–H and O–H groups in total.